The van der Waals surface area contributed by atoms with Gasteiger partial charge < -0.3 is 4.90 Å². The molecule has 0 spiro atoms. The Bertz CT molecular complexity index is 415. The van der Waals surface area contributed by atoms with Crippen molar-refractivity contribution in [2.45, 2.75) is 6.92 Å². The van der Waals surface area contributed by atoms with E-state index in [1.165, 1.54) is 0 Å². The Morgan fingerprint density at radius 3 is 2.13 bits per heavy atom. The van der Waals surface area contributed by atoms with Crippen LogP contribution in [0.5, 0.6) is 0 Å². The Morgan fingerprint density at radius 1 is 1.00 bits per heavy atom. The maximum Gasteiger partial charge on any atom is 0.183 e. The van der Waals surface area contributed by atoms with E-state index in [0.29, 0.717) is 11.7 Å². The summed E-state index contributed by atoms with van der Waals surface area (Å²) in [7, 11) is 4.03. The van der Waals surface area contributed by atoms with Crippen LogP contribution in [0.1, 0.15) is 12.5 Å². The molecule has 0 saturated heterocycles. The molecule has 0 N–H and O–H groups in total. The van der Waals surface area contributed by atoms with E-state index in [9.17, 15) is 0 Å². The van der Waals surface area contributed by atoms with Gasteiger partial charge in [-0.05, 0) is 31.2 Å². The van der Waals surface area contributed by atoms with Gasteiger partial charge in [0, 0.05) is 25.3 Å². The van der Waals surface area contributed by atoms with Crippen molar-refractivity contribution in [3.05, 3.63) is 29.8 Å². The van der Waals surface area contributed by atoms with Crippen molar-refractivity contribution in [2.75, 3.05) is 19.0 Å². The Labute approximate surface area is 89.3 Å². The van der Waals surface area contributed by atoms with E-state index in [-0.39, 0.29) is 0 Å². The fraction of sp³-hybridized carbons (Fsp3) is 0.273. The summed E-state index contributed by atoms with van der Waals surface area (Å²) in [6.07, 6.45) is 0. The molecule has 1 heterocycles. The van der Waals surface area contributed by atoms with Crippen molar-refractivity contribution in [3.63, 3.8) is 0 Å². The largest absolute Gasteiger partial charge is 0.378 e. The van der Waals surface area contributed by atoms with Crippen LogP contribution in [0.3, 0.4) is 0 Å². The molecule has 1 aliphatic heterocycles. The maximum absolute atomic E-state index is 4.22. The van der Waals surface area contributed by atoms with E-state index in [0.717, 1.165) is 11.3 Å². The fourth-order valence-electron chi connectivity index (χ4n) is 1.35. The van der Waals surface area contributed by atoms with Crippen LogP contribution < -0.4 is 10.2 Å². The third-order valence-electron chi connectivity index (χ3n) is 2.20. The molecule has 1 aliphatic rings. The van der Waals surface area contributed by atoms with E-state index in [2.05, 4.69) is 20.4 Å². The first-order valence-corrected chi connectivity index (χ1v) is 4.78. The Hall–Kier alpha value is -1.84. The second-order valence-electron chi connectivity index (χ2n) is 3.62. The quantitative estimate of drug-likeness (QED) is 0.714. The van der Waals surface area contributed by atoms with Crippen molar-refractivity contribution < 1.29 is 0 Å². The minimum atomic E-state index is 0.692. The standard InChI is InChI=1S/C11H13N4/c1-8-12-11(14-13-8)9-4-6-10(7-5-9)15(2)3/h4-7H,1-3H3. The molecule has 1 aromatic carbocycles. The van der Waals surface area contributed by atoms with Gasteiger partial charge in [-0.1, -0.05) is 0 Å². The third kappa shape index (κ3) is 1.98. The van der Waals surface area contributed by atoms with Crippen molar-refractivity contribution in [1.82, 2.24) is 5.32 Å². The monoisotopic (exact) mass is 201 g/mol. The summed E-state index contributed by atoms with van der Waals surface area (Å²) in [5, 5.41) is 12.1. The highest BCUT2D eigenvalue weighted by molar-refractivity contribution is 6.11. The van der Waals surface area contributed by atoms with Gasteiger partial charge in [-0.25, -0.2) is 5.32 Å². The number of rotatable bonds is 2. The average Bonchev–Trinajstić information content (AvgIpc) is 2.65. The average molecular weight is 201 g/mol. The topological polar surface area (TPSA) is 42.1 Å². The second-order valence-corrected chi connectivity index (χ2v) is 3.62. The summed E-state index contributed by atoms with van der Waals surface area (Å²) in [6.45, 7) is 1.84. The highest BCUT2D eigenvalue weighted by Crippen LogP contribution is 2.13. The lowest BCUT2D eigenvalue weighted by molar-refractivity contribution is 1.13. The summed E-state index contributed by atoms with van der Waals surface area (Å²) in [5.74, 6) is 1.40. The minimum Gasteiger partial charge on any atom is -0.378 e. The number of hydrogen-bond donors (Lipinski definition) is 0. The molecule has 0 aliphatic carbocycles. The van der Waals surface area contributed by atoms with Gasteiger partial charge in [0.05, 0.1) is 0 Å². The predicted molar refractivity (Wildman–Crippen MR) is 62.5 cm³/mol. The molecule has 0 bridgehead atoms. The first-order valence-electron chi connectivity index (χ1n) is 4.78. The van der Waals surface area contributed by atoms with Crippen LogP contribution in [0.15, 0.2) is 34.5 Å². The van der Waals surface area contributed by atoms with Crippen LogP contribution in [-0.4, -0.2) is 25.8 Å². The lowest BCUT2D eigenvalue weighted by Crippen LogP contribution is -2.16. The van der Waals surface area contributed by atoms with E-state index in [4.69, 9.17) is 0 Å². The summed E-state index contributed by atoms with van der Waals surface area (Å²) in [5.41, 5.74) is 2.16. The molecule has 77 valence electrons. The van der Waals surface area contributed by atoms with E-state index in [1.807, 2.05) is 45.3 Å². The van der Waals surface area contributed by atoms with Crippen molar-refractivity contribution in [1.29, 1.82) is 0 Å². The molecule has 0 aromatic heterocycles. The summed E-state index contributed by atoms with van der Waals surface area (Å²) < 4.78 is 0. The molecule has 0 atom stereocenters. The number of nitrogens with zero attached hydrogens (tertiary/aromatic N) is 4. The lowest BCUT2D eigenvalue weighted by atomic mass is 10.2. The normalized spacial score (nSPS) is 14.3. The molecular formula is C11H13N4. The molecule has 2 rings (SSSR count). The molecule has 15 heavy (non-hydrogen) atoms. The predicted octanol–water partition coefficient (Wildman–Crippen LogP) is 1.45. The van der Waals surface area contributed by atoms with Gasteiger partial charge in [0.1, 0.15) is 5.84 Å². The zero-order valence-corrected chi connectivity index (χ0v) is 9.10. The van der Waals surface area contributed by atoms with E-state index < -0.39 is 0 Å². The molecule has 0 saturated carbocycles. The van der Waals surface area contributed by atoms with Crippen molar-refractivity contribution in [2.24, 2.45) is 10.2 Å². The highest BCUT2D eigenvalue weighted by Gasteiger charge is 2.11. The Kier molecular flexibility index (Phi) is 2.41. The van der Waals surface area contributed by atoms with Gasteiger partial charge in [0.25, 0.3) is 0 Å². The molecule has 4 nitrogen and oxygen atoms in total. The third-order valence-corrected chi connectivity index (χ3v) is 2.20. The Balaban J connectivity index is 2.18. The summed E-state index contributed by atoms with van der Waals surface area (Å²) >= 11 is 0. The zero-order chi connectivity index (χ0) is 10.8. The number of hydrogen-bond acceptors (Lipinski definition) is 3. The van der Waals surface area contributed by atoms with Gasteiger partial charge >= 0.3 is 0 Å². The zero-order valence-electron chi connectivity index (χ0n) is 9.10. The van der Waals surface area contributed by atoms with E-state index in [1.54, 1.807) is 0 Å². The van der Waals surface area contributed by atoms with Crippen LogP contribution in [0.2, 0.25) is 0 Å². The van der Waals surface area contributed by atoms with E-state index >= 15 is 0 Å². The molecule has 0 amide bonds. The second kappa shape index (κ2) is 3.73. The molecule has 4 heteroatoms. The van der Waals surface area contributed by atoms with Gasteiger partial charge in [-0.2, -0.15) is 0 Å². The molecule has 0 fully saturated rings. The molecule has 1 aromatic rings. The van der Waals surface area contributed by atoms with Crippen molar-refractivity contribution in [3.8, 4) is 0 Å². The minimum absolute atomic E-state index is 0.692. The maximum atomic E-state index is 4.22. The fourth-order valence-corrected chi connectivity index (χ4v) is 1.35. The molecular weight excluding hydrogens is 188 g/mol. The van der Waals surface area contributed by atoms with Crippen LogP contribution >= 0.6 is 0 Å². The summed E-state index contributed by atoms with van der Waals surface area (Å²) in [4.78, 5) is 2.05. The number of anilines is 1. The van der Waals surface area contributed by atoms with Gasteiger partial charge in [-0.3, -0.25) is 0 Å². The van der Waals surface area contributed by atoms with Gasteiger partial charge in [0.2, 0.25) is 0 Å². The number of benzene rings is 1. The Morgan fingerprint density at radius 2 is 1.67 bits per heavy atom. The number of amidine groups is 2. The van der Waals surface area contributed by atoms with Crippen molar-refractivity contribution >= 4 is 17.4 Å². The van der Waals surface area contributed by atoms with Crippen LogP contribution in [0.4, 0.5) is 5.69 Å². The SMILES string of the molecule is CC1=NN=C(c2ccc(N(C)C)cc2)[N]1. The van der Waals surface area contributed by atoms with Crippen LogP contribution in [0.25, 0.3) is 0 Å². The first kappa shape index (κ1) is 9.71. The molecule has 0 unspecified atom stereocenters. The van der Waals surface area contributed by atoms with Crippen LogP contribution in [-0.2, 0) is 0 Å². The summed E-state index contributed by atoms with van der Waals surface area (Å²) in [6, 6.07) is 8.10. The smallest absolute Gasteiger partial charge is 0.183 e. The highest BCUT2D eigenvalue weighted by atomic mass is 15.3. The molecule has 1 radical (unpaired) electrons. The lowest BCUT2D eigenvalue weighted by Gasteiger charge is -2.12. The van der Waals surface area contributed by atoms with Gasteiger partial charge in [-0.15, -0.1) is 10.2 Å². The van der Waals surface area contributed by atoms with Gasteiger partial charge in [0.15, 0.2) is 5.84 Å². The van der Waals surface area contributed by atoms with Crippen LogP contribution in [0, 0.1) is 0 Å². The first-order chi connectivity index (χ1) is 7.16.